The highest BCUT2D eigenvalue weighted by Gasteiger charge is 2.17. The molecule has 0 radical (unpaired) electrons. The van der Waals surface area contributed by atoms with Crippen molar-refractivity contribution < 1.29 is 17.5 Å². The number of hydrogen-bond acceptors (Lipinski definition) is 6. The number of nitrogens with two attached hydrogens (primary N) is 3. The number of hydrazone groups is 1. The average molecular weight is 381 g/mol. The summed E-state index contributed by atoms with van der Waals surface area (Å²) >= 11 is 0. The number of primary sulfonamides is 1. The molecule has 0 heterocycles. The molecule has 0 amide bonds. The average Bonchev–Trinajstić information content (AvgIpc) is 2.60. The van der Waals surface area contributed by atoms with E-state index < -0.39 is 10.0 Å². The van der Waals surface area contributed by atoms with Gasteiger partial charge in [0.15, 0.2) is 5.84 Å². The van der Waals surface area contributed by atoms with E-state index in [9.17, 15) is 12.8 Å². The third-order valence-electron chi connectivity index (χ3n) is 3.74. The van der Waals surface area contributed by atoms with Crippen molar-refractivity contribution in [2.45, 2.75) is 17.9 Å². The number of hydrogen-bond donors (Lipinski definition) is 3. The molecule has 1 unspecified atom stereocenters. The molecular formula is C16H20FN5O3S. The number of ether oxygens (including phenoxy) is 1. The quantitative estimate of drug-likeness (QED) is 0.296. The van der Waals surface area contributed by atoms with Gasteiger partial charge in [-0.1, -0.05) is 12.1 Å². The summed E-state index contributed by atoms with van der Waals surface area (Å²) in [6.45, 7) is 1.77. The molecule has 0 aliphatic heterocycles. The molecule has 0 aromatic heterocycles. The molecule has 0 saturated heterocycles. The fourth-order valence-corrected chi connectivity index (χ4v) is 2.91. The van der Waals surface area contributed by atoms with Crippen LogP contribution in [0.15, 0.2) is 52.5 Å². The number of rotatable bonds is 6. The van der Waals surface area contributed by atoms with Crippen molar-refractivity contribution in [3.8, 4) is 5.75 Å². The van der Waals surface area contributed by atoms with Gasteiger partial charge in [-0.15, -0.1) is 5.10 Å². The van der Waals surface area contributed by atoms with Gasteiger partial charge in [-0.3, -0.25) is 0 Å². The molecule has 0 aliphatic carbocycles. The Labute approximate surface area is 151 Å². The zero-order valence-corrected chi connectivity index (χ0v) is 15.1. The number of methoxy groups -OCH3 is 1. The van der Waals surface area contributed by atoms with Gasteiger partial charge in [-0.05, 0) is 42.8 Å². The molecule has 140 valence electrons. The van der Waals surface area contributed by atoms with Gasteiger partial charge >= 0.3 is 0 Å². The summed E-state index contributed by atoms with van der Waals surface area (Å²) in [6.07, 6.45) is 0. The van der Waals surface area contributed by atoms with Gasteiger partial charge < -0.3 is 10.5 Å². The van der Waals surface area contributed by atoms with Gasteiger partial charge in [-0.25, -0.2) is 28.9 Å². The van der Waals surface area contributed by atoms with Gasteiger partial charge in [0, 0.05) is 5.56 Å². The van der Waals surface area contributed by atoms with Gasteiger partial charge in [0.05, 0.1) is 13.2 Å². The maximum absolute atomic E-state index is 13.0. The van der Waals surface area contributed by atoms with Crippen molar-refractivity contribution in [1.29, 1.82) is 0 Å². The van der Waals surface area contributed by atoms with Crippen LogP contribution in [0.1, 0.15) is 24.1 Å². The van der Waals surface area contributed by atoms with Crippen LogP contribution in [0.3, 0.4) is 0 Å². The van der Waals surface area contributed by atoms with Crippen LogP contribution in [0.4, 0.5) is 4.39 Å². The molecule has 0 saturated carbocycles. The Bertz CT molecular complexity index is 916. The third kappa shape index (κ3) is 4.48. The minimum atomic E-state index is -3.94. The van der Waals surface area contributed by atoms with Crippen LogP contribution in [-0.4, -0.2) is 26.5 Å². The lowest BCUT2D eigenvalue weighted by Gasteiger charge is -2.22. The first-order valence-corrected chi connectivity index (χ1v) is 9.02. The van der Waals surface area contributed by atoms with Gasteiger partial charge in [0.1, 0.15) is 16.5 Å². The molecule has 8 nitrogen and oxygen atoms in total. The van der Waals surface area contributed by atoms with Crippen molar-refractivity contribution in [2.75, 3.05) is 7.11 Å². The Morgan fingerprint density at radius 1 is 1.23 bits per heavy atom. The van der Waals surface area contributed by atoms with E-state index in [1.807, 2.05) is 0 Å². The minimum absolute atomic E-state index is 0.0401. The zero-order valence-electron chi connectivity index (χ0n) is 14.3. The lowest BCUT2D eigenvalue weighted by atomic mass is 10.1. The lowest BCUT2D eigenvalue weighted by Crippen LogP contribution is -2.32. The summed E-state index contributed by atoms with van der Waals surface area (Å²) < 4.78 is 41.1. The fourth-order valence-electron chi connectivity index (χ4n) is 2.22. The van der Waals surface area contributed by atoms with Crippen LogP contribution < -0.4 is 21.5 Å². The summed E-state index contributed by atoms with van der Waals surface area (Å²) in [5.74, 6) is 5.65. The standard InChI is InChI=1S/C16H20FN5O3S/c1-10(11-3-6-13(17)7-4-11)22(19)21-16(18)12-5-8-15(26(20,23)24)14(9-12)25-2/h3-10H,19H2,1-2H3,(H2,18,21)(H2,20,23,24). The molecule has 10 heteroatoms. The van der Waals surface area contributed by atoms with E-state index in [1.165, 1.54) is 37.4 Å². The van der Waals surface area contributed by atoms with E-state index in [1.54, 1.807) is 19.1 Å². The molecule has 2 aromatic carbocycles. The first-order chi connectivity index (χ1) is 12.1. The summed E-state index contributed by atoms with van der Waals surface area (Å²) in [6, 6.07) is 9.57. The molecule has 26 heavy (non-hydrogen) atoms. The molecule has 0 aliphatic rings. The normalized spacial score (nSPS) is 13.3. The van der Waals surface area contributed by atoms with Crippen LogP contribution in [0.25, 0.3) is 0 Å². The molecule has 1 atom stereocenters. The van der Waals surface area contributed by atoms with Crippen LogP contribution in [0, 0.1) is 5.82 Å². The summed E-state index contributed by atoms with van der Waals surface area (Å²) in [4.78, 5) is -0.166. The van der Waals surface area contributed by atoms with E-state index >= 15 is 0 Å². The first-order valence-electron chi connectivity index (χ1n) is 7.48. The van der Waals surface area contributed by atoms with Crippen LogP contribution in [0.2, 0.25) is 0 Å². The topological polar surface area (TPSA) is 137 Å². The second kappa shape index (κ2) is 7.68. The van der Waals surface area contributed by atoms with E-state index in [-0.39, 0.29) is 28.3 Å². The fraction of sp³-hybridized carbons (Fsp3) is 0.188. The predicted octanol–water partition coefficient (Wildman–Crippen LogP) is 1.04. The van der Waals surface area contributed by atoms with Crippen molar-refractivity contribution >= 4 is 15.9 Å². The van der Waals surface area contributed by atoms with Gasteiger partial charge in [0.2, 0.25) is 10.0 Å². The Morgan fingerprint density at radius 2 is 1.85 bits per heavy atom. The van der Waals surface area contributed by atoms with Crippen molar-refractivity contribution in [3.63, 3.8) is 0 Å². The van der Waals surface area contributed by atoms with Crippen molar-refractivity contribution in [2.24, 2.45) is 21.8 Å². The maximum atomic E-state index is 13.0. The summed E-state index contributed by atoms with van der Waals surface area (Å²) in [5.41, 5.74) is 7.09. The highest BCUT2D eigenvalue weighted by atomic mass is 32.2. The molecule has 0 bridgehead atoms. The summed E-state index contributed by atoms with van der Waals surface area (Å²) in [7, 11) is -2.62. The largest absolute Gasteiger partial charge is 0.495 e. The van der Waals surface area contributed by atoms with E-state index in [4.69, 9.17) is 21.5 Å². The molecule has 6 N–H and O–H groups in total. The van der Waals surface area contributed by atoms with Crippen LogP contribution >= 0.6 is 0 Å². The zero-order chi connectivity index (χ0) is 19.5. The Morgan fingerprint density at radius 3 is 2.38 bits per heavy atom. The highest BCUT2D eigenvalue weighted by molar-refractivity contribution is 7.89. The van der Waals surface area contributed by atoms with Gasteiger partial charge in [-0.2, -0.15) is 0 Å². The molecule has 0 fully saturated rings. The van der Waals surface area contributed by atoms with Crippen molar-refractivity contribution in [1.82, 2.24) is 5.12 Å². The monoisotopic (exact) mass is 381 g/mol. The number of amidine groups is 1. The van der Waals surface area contributed by atoms with E-state index in [2.05, 4.69) is 5.10 Å². The second-order valence-electron chi connectivity index (χ2n) is 5.50. The second-order valence-corrected chi connectivity index (χ2v) is 7.03. The Hall–Kier alpha value is -2.69. The molecule has 2 aromatic rings. The minimum Gasteiger partial charge on any atom is -0.495 e. The SMILES string of the molecule is COc1cc(/C(N)=N/N(N)C(C)c2ccc(F)cc2)ccc1S(N)(=O)=O. The first kappa shape index (κ1) is 19.6. The number of nitrogens with zero attached hydrogens (tertiary/aromatic N) is 2. The van der Waals surface area contributed by atoms with Gasteiger partial charge in [0.25, 0.3) is 0 Å². The number of halogens is 1. The summed E-state index contributed by atoms with van der Waals surface area (Å²) in [5, 5.41) is 10.3. The molecular weight excluding hydrogens is 361 g/mol. The maximum Gasteiger partial charge on any atom is 0.241 e. The number of benzene rings is 2. The predicted molar refractivity (Wildman–Crippen MR) is 95.9 cm³/mol. The molecule has 2 rings (SSSR count). The Kier molecular flexibility index (Phi) is 5.80. The van der Waals surface area contributed by atoms with E-state index in [0.29, 0.717) is 5.56 Å². The van der Waals surface area contributed by atoms with Crippen LogP contribution in [0.5, 0.6) is 5.75 Å². The number of hydrazine groups is 1. The highest BCUT2D eigenvalue weighted by Crippen LogP contribution is 2.24. The molecule has 0 spiro atoms. The smallest absolute Gasteiger partial charge is 0.241 e. The number of sulfonamides is 1. The van der Waals surface area contributed by atoms with Crippen molar-refractivity contribution in [3.05, 3.63) is 59.4 Å². The Balaban J connectivity index is 2.29. The van der Waals surface area contributed by atoms with Crippen LogP contribution in [-0.2, 0) is 10.0 Å². The third-order valence-corrected chi connectivity index (χ3v) is 4.69. The van der Waals surface area contributed by atoms with E-state index in [0.717, 1.165) is 10.7 Å². The lowest BCUT2D eigenvalue weighted by molar-refractivity contribution is 0.227.